The van der Waals surface area contributed by atoms with Gasteiger partial charge < -0.3 is 9.84 Å². The summed E-state index contributed by atoms with van der Waals surface area (Å²) in [5.41, 5.74) is 1.94. The van der Waals surface area contributed by atoms with Crippen LogP contribution in [-0.2, 0) is 14.3 Å². The zero-order valence-corrected chi connectivity index (χ0v) is 24.8. The summed E-state index contributed by atoms with van der Waals surface area (Å²) in [6.07, 6.45) is 9.00. The molecule has 0 bridgehead atoms. The van der Waals surface area contributed by atoms with Gasteiger partial charge in [0.25, 0.3) is 6.47 Å². The minimum absolute atomic E-state index is 0.0141. The predicted octanol–water partition coefficient (Wildman–Crippen LogP) is 7.65. The van der Waals surface area contributed by atoms with Gasteiger partial charge in [-0.05, 0) is 62.5 Å². The molecule has 1 aromatic rings. The van der Waals surface area contributed by atoms with Crippen LogP contribution in [0.2, 0.25) is 0 Å². The first-order valence-corrected chi connectivity index (χ1v) is 14.8. The fraction of sp³-hybridized carbons (Fsp3) is 0.767. The molecule has 0 aliphatic heterocycles. The highest BCUT2D eigenvalue weighted by atomic mass is 32.1. The second-order valence-corrected chi connectivity index (χ2v) is 12.0. The van der Waals surface area contributed by atoms with E-state index in [0.29, 0.717) is 18.3 Å². The molecule has 0 fully saturated rings. The van der Waals surface area contributed by atoms with E-state index >= 15 is 0 Å². The summed E-state index contributed by atoms with van der Waals surface area (Å²) >= 11 is 1.62. The number of aliphatic hydroxyl groups excluding tert-OH is 1. The highest BCUT2D eigenvalue weighted by Gasteiger charge is 2.29. The fourth-order valence-electron chi connectivity index (χ4n) is 5.32. The summed E-state index contributed by atoms with van der Waals surface area (Å²) in [7, 11) is 0. The number of carbonyl (C=O) groups excluding carboxylic acids is 2. The molecule has 6 heteroatoms. The predicted molar refractivity (Wildman–Crippen MR) is 151 cm³/mol. The quantitative estimate of drug-likeness (QED) is 0.189. The normalized spacial score (nSPS) is 18.1. The Balaban J connectivity index is 2.70. The summed E-state index contributed by atoms with van der Waals surface area (Å²) in [5, 5.41) is 13.9. The van der Waals surface area contributed by atoms with E-state index in [1.54, 1.807) is 11.3 Å². The maximum absolute atomic E-state index is 12.6. The number of ketones is 1. The maximum atomic E-state index is 12.6. The van der Waals surface area contributed by atoms with Crippen molar-refractivity contribution in [3.8, 4) is 0 Å². The van der Waals surface area contributed by atoms with Crippen molar-refractivity contribution in [3.63, 3.8) is 0 Å². The van der Waals surface area contributed by atoms with E-state index in [4.69, 9.17) is 4.74 Å². The molecule has 0 amide bonds. The van der Waals surface area contributed by atoms with E-state index in [2.05, 4.69) is 32.7 Å². The number of ether oxygens (including phenoxy) is 1. The fourth-order valence-corrected chi connectivity index (χ4v) is 5.89. The molecule has 1 aromatic heterocycles. The first-order valence-electron chi connectivity index (χ1n) is 14.0. The Hall–Kier alpha value is -1.53. The molecule has 0 aliphatic carbocycles. The van der Waals surface area contributed by atoms with E-state index < -0.39 is 6.10 Å². The van der Waals surface area contributed by atoms with E-state index in [9.17, 15) is 14.7 Å². The Morgan fingerprint density at radius 2 is 1.72 bits per heavy atom. The molecule has 206 valence electrons. The number of hydrogen-bond acceptors (Lipinski definition) is 6. The van der Waals surface area contributed by atoms with Gasteiger partial charge in [-0.15, -0.1) is 11.3 Å². The standard InChI is InChI=1S/C30H51NO4S/c1-9-12-21(4)29(33)24(7)30(34)22(5)15-11-14-20(3)26(13-10-2)17-28(35-19-32)23(6)16-27-18-36-25(8)31-27/h16,18-22,24,26,28,30,34H,9-15,17H2,1-8H3/b23-16+/t20?,21?,22-,24-,26?,28?,30?/m0/s1. The van der Waals surface area contributed by atoms with Gasteiger partial charge in [-0.2, -0.15) is 0 Å². The monoisotopic (exact) mass is 521 g/mol. The number of nitrogens with zero attached hydrogens (tertiary/aromatic N) is 1. The molecule has 0 saturated carbocycles. The molecule has 36 heavy (non-hydrogen) atoms. The lowest BCUT2D eigenvalue weighted by molar-refractivity contribution is -0.133. The maximum Gasteiger partial charge on any atom is 0.293 e. The largest absolute Gasteiger partial charge is 0.460 e. The molecule has 0 aliphatic rings. The summed E-state index contributed by atoms with van der Waals surface area (Å²) in [5.74, 6) is 0.892. The SMILES string of the molecule is CCCC(C)C(=O)[C@H](C)C(O)[C@@H](C)CCCC(C)C(CCC)CC(OC=O)/C(C)=C/c1csc(C)n1. The molecule has 5 nitrogen and oxygen atoms in total. The molecule has 7 atom stereocenters. The van der Waals surface area contributed by atoms with Gasteiger partial charge in [-0.1, -0.05) is 73.6 Å². The third-order valence-corrected chi connectivity index (χ3v) is 8.58. The van der Waals surface area contributed by atoms with Gasteiger partial charge >= 0.3 is 0 Å². The highest BCUT2D eigenvalue weighted by molar-refractivity contribution is 7.09. The third kappa shape index (κ3) is 10.8. The molecule has 1 N–H and O–H groups in total. The number of rotatable bonds is 19. The van der Waals surface area contributed by atoms with Gasteiger partial charge in [0.2, 0.25) is 0 Å². The molecule has 0 spiro atoms. The zero-order valence-electron chi connectivity index (χ0n) is 24.0. The lowest BCUT2D eigenvalue weighted by atomic mass is 9.79. The van der Waals surface area contributed by atoms with Crippen LogP contribution in [0, 0.1) is 36.5 Å². The summed E-state index contributed by atoms with van der Waals surface area (Å²) in [6, 6.07) is 0. The van der Waals surface area contributed by atoms with Crippen LogP contribution in [0.1, 0.15) is 111 Å². The van der Waals surface area contributed by atoms with Crippen molar-refractivity contribution < 1.29 is 19.4 Å². The van der Waals surface area contributed by atoms with Crippen molar-refractivity contribution in [2.45, 2.75) is 119 Å². The van der Waals surface area contributed by atoms with Crippen molar-refractivity contribution in [2.24, 2.45) is 29.6 Å². The van der Waals surface area contributed by atoms with Crippen molar-refractivity contribution in [1.29, 1.82) is 0 Å². The van der Waals surface area contributed by atoms with Crippen LogP contribution in [0.25, 0.3) is 6.08 Å². The summed E-state index contributed by atoms with van der Waals surface area (Å²) in [6.45, 7) is 17.1. The first-order chi connectivity index (χ1) is 17.0. The second kappa shape index (κ2) is 17.1. The molecule has 0 radical (unpaired) electrons. The smallest absolute Gasteiger partial charge is 0.293 e. The van der Waals surface area contributed by atoms with Gasteiger partial charge in [0, 0.05) is 17.2 Å². The Labute approximate surface area is 224 Å². The van der Waals surface area contributed by atoms with E-state index in [-0.39, 0.29) is 29.6 Å². The number of Topliss-reactive ketones (excluding diaryl/α,β-unsaturated/α-hetero) is 1. The molecular weight excluding hydrogens is 470 g/mol. The Kier molecular flexibility index (Phi) is 15.4. The van der Waals surface area contributed by atoms with Crippen LogP contribution < -0.4 is 0 Å². The van der Waals surface area contributed by atoms with Crippen molar-refractivity contribution in [2.75, 3.05) is 0 Å². The first kappa shape index (κ1) is 32.5. The summed E-state index contributed by atoms with van der Waals surface area (Å²) < 4.78 is 5.53. The number of hydrogen-bond donors (Lipinski definition) is 1. The second-order valence-electron chi connectivity index (χ2n) is 10.9. The van der Waals surface area contributed by atoms with Crippen LogP contribution in [-0.4, -0.2) is 34.6 Å². The van der Waals surface area contributed by atoms with Crippen LogP contribution in [0.15, 0.2) is 11.0 Å². The lowest BCUT2D eigenvalue weighted by Gasteiger charge is -2.29. The molecule has 0 saturated heterocycles. The molecule has 1 rings (SSSR count). The molecule has 5 unspecified atom stereocenters. The number of aromatic nitrogens is 1. The van der Waals surface area contributed by atoms with Crippen LogP contribution >= 0.6 is 11.3 Å². The summed E-state index contributed by atoms with van der Waals surface area (Å²) in [4.78, 5) is 28.4. The van der Waals surface area contributed by atoms with Crippen molar-refractivity contribution >= 4 is 29.7 Å². The number of aryl methyl sites for hydroxylation is 1. The molecular formula is C30H51NO4S. The van der Waals surface area contributed by atoms with Gasteiger partial charge in [0.15, 0.2) is 0 Å². The van der Waals surface area contributed by atoms with Crippen molar-refractivity contribution in [3.05, 3.63) is 21.7 Å². The van der Waals surface area contributed by atoms with Crippen LogP contribution in [0.5, 0.6) is 0 Å². The van der Waals surface area contributed by atoms with E-state index in [1.807, 2.05) is 39.2 Å². The number of aliphatic hydroxyl groups is 1. The minimum Gasteiger partial charge on any atom is -0.460 e. The Bertz CT molecular complexity index is 805. The number of carbonyl (C=O) groups is 2. The van der Waals surface area contributed by atoms with E-state index in [0.717, 1.165) is 67.6 Å². The van der Waals surface area contributed by atoms with Crippen molar-refractivity contribution in [1.82, 2.24) is 4.98 Å². The average Bonchev–Trinajstić information content (AvgIpc) is 3.25. The lowest BCUT2D eigenvalue weighted by Crippen LogP contribution is -2.34. The topological polar surface area (TPSA) is 76.5 Å². The third-order valence-electron chi connectivity index (χ3n) is 7.79. The van der Waals surface area contributed by atoms with Crippen LogP contribution in [0.3, 0.4) is 0 Å². The van der Waals surface area contributed by atoms with Crippen LogP contribution in [0.4, 0.5) is 0 Å². The van der Waals surface area contributed by atoms with Gasteiger partial charge in [0.05, 0.1) is 16.8 Å². The zero-order chi connectivity index (χ0) is 27.3. The van der Waals surface area contributed by atoms with Gasteiger partial charge in [-0.25, -0.2) is 4.98 Å². The molecule has 1 heterocycles. The number of thiazole rings is 1. The Morgan fingerprint density at radius 3 is 2.28 bits per heavy atom. The van der Waals surface area contributed by atoms with E-state index in [1.165, 1.54) is 0 Å². The highest BCUT2D eigenvalue weighted by Crippen LogP contribution is 2.31. The van der Waals surface area contributed by atoms with Gasteiger partial charge in [-0.3, -0.25) is 9.59 Å². The van der Waals surface area contributed by atoms with Gasteiger partial charge in [0.1, 0.15) is 11.9 Å². The molecule has 0 aromatic carbocycles. The minimum atomic E-state index is -0.592. The average molecular weight is 522 g/mol. The Morgan fingerprint density at radius 1 is 1.08 bits per heavy atom.